The van der Waals surface area contributed by atoms with Crippen LogP contribution in [0.4, 0.5) is 11.4 Å². The SMILES string of the molecule is CN(C)C(CNc1cccc([N+](=O)[O-])c1C#N)c1ccccc1. The predicted octanol–water partition coefficient (Wildman–Crippen LogP) is 3.18. The van der Waals surface area contributed by atoms with Crippen LogP contribution in [-0.2, 0) is 0 Å². The number of nitriles is 1. The first kappa shape index (κ1) is 16.5. The van der Waals surface area contributed by atoms with Gasteiger partial charge in [0.15, 0.2) is 5.56 Å². The standard InChI is InChI=1S/C17H18N4O2/c1-20(2)17(13-7-4-3-5-8-13)12-19-15-9-6-10-16(21(22)23)14(15)11-18/h3-10,17,19H,12H2,1-2H3. The van der Waals surface area contributed by atoms with E-state index in [9.17, 15) is 15.4 Å². The van der Waals surface area contributed by atoms with Crippen LogP contribution in [0.5, 0.6) is 0 Å². The van der Waals surface area contributed by atoms with Crippen LogP contribution in [0.15, 0.2) is 48.5 Å². The summed E-state index contributed by atoms with van der Waals surface area (Å²) in [6, 6.07) is 16.6. The van der Waals surface area contributed by atoms with Crippen LogP contribution in [0.25, 0.3) is 0 Å². The Bertz CT molecular complexity index is 723. The van der Waals surface area contributed by atoms with Crippen molar-refractivity contribution in [2.75, 3.05) is 26.0 Å². The molecule has 118 valence electrons. The quantitative estimate of drug-likeness (QED) is 0.654. The number of nitro benzene ring substituents is 1. The third kappa shape index (κ3) is 3.84. The van der Waals surface area contributed by atoms with Crippen molar-refractivity contribution in [1.29, 1.82) is 5.26 Å². The smallest absolute Gasteiger partial charge is 0.289 e. The van der Waals surface area contributed by atoms with Crippen molar-refractivity contribution in [2.45, 2.75) is 6.04 Å². The molecule has 2 aromatic rings. The maximum Gasteiger partial charge on any atom is 0.289 e. The van der Waals surface area contributed by atoms with Crippen LogP contribution in [-0.4, -0.2) is 30.5 Å². The van der Waals surface area contributed by atoms with Crippen LogP contribution >= 0.6 is 0 Å². The van der Waals surface area contributed by atoms with E-state index in [2.05, 4.69) is 10.2 Å². The molecule has 0 heterocycles. The summed E-state index contributed by atoms with van der Waals surface area (Å²) in [4.78, 5) is 12.5. The van der Waals surface area contributed by atoms with E-state index in [1.807, 2.05) is 50.5 Å². The zero-order chi connectivity index (χ0) is 16.8. The Labute approximate surface area is 135 Å². The first-order chi connectivity index (χ1) is 11.0. The number of benzene rings is 2. The molecular weight excluding hydrogens is 292 g/mol. The molecule has 0 radical (unpaired) electrons. The van der Waals surface area contributed by atoms with E-state index >= 15 is 0 Å². The molecule has 0 saturated carbocycles. The molecule has 0 aliphatic carbocycles. The van der Waals surface area contributed by atoms with Gasteiger partial charge >= 0.3 is 0 Å². The van der Waals surface area contributed by atoms with Gasteiger partial charge in [0, 0.05) is 12.6 Å². The van der Waals surface area contributed by atoms with Gasteiger partial charge in [0.2, 0.25) is 0 Å². The molecule has 0 fully saturated rings. The second kappa shape index (κ2) is 7.38. The summed E-state index contributed by atoms with van der Waals surface area (Å²) in [7, 11) is 3.94. The first-order valence-corrected chi connectivity index (χ1v) is 7.17. The fourth-order valence-corrected chi connectivity index (χ4v) is 2.44. The van der Waals surface area contributed by atoms with E-state index < -0.39 is 4.92 Å². The lowest BCUT2D eigenvalue weighted by Crippen LogP contribution is -2.27. The minimum Gasteiger partial charge on any atom is -0.382 e. The summed E-state index contributed by atoms with van der Waals surface area (Å²) < 4.78 is 0. The van der Waals surface area contributed by atoms with Gasteiger partial charge in [0.1, 0.15) is 6.07 Å². The minimum atomic E-state index is -0.537. The van der Waals surface area contributed by atoms with E-state index in [1.54, 1.807) is 12.1 Å². The van der Waals surface area contributed by atoms with E-state index in [1.165, 1.54) is 6.07 Å². The fourth-order valence-electron chi connectivity index (χ4n) is 2.44. The van der Waals surface area contributed by atoms with Gasteiger partial charge in [0.25, 0.3) is 5.69 Å². The van der Waals surface area contributed by atoms with Gasteiger partial charge in [-0.3, -0.25) is 10.1 Å². The fraction of sp³-hybridized carbons (Fsp3) is 0.235. The van der Waals surface area contributed by atoms with Crippen LogP contribution < -0.4 is 5.32 Å². The van der Waals surface area contributed by atoms with E-state index in [4.69, 9.17) is 0 Å². The molecule has 0 spiro atoms. The van der Waals surface area contributed by atoms with Crippen LogP contribution in [0.3, 0.4) is 0 Å². The number of nitrogens with one attached hydrogen (secondary N) is 1. The first-order valence-electron chi connectivity index (χ1n) is 7.17. The second-order valence-corrected chi connectivity index (χ2v) is 5.34. The van der Waals surface area contributed by atoms with E-state index in [0.29, 0.717) is 12.2 Å². The summed E-state index contributed by atoms with van der Waals surface area (Å²) in [5.41, 5.74) is 1.49. The largest absolute Gasteiger partial charge is 0.382 e. The zero-order valence-electron chi connectivity index (χ0n) is 13.1. The highest BCUT2D eigenvalue weighted by atomic mass is 16.6. The van der Waals surface area contributed by atoms with Gasteiger partial charge in [-0.05, 0) is 25.7 Å². The molecule has 1 atom stereocenters. The zero-order valence-corrected chi connectivity index (χ0v) is 13.1. The molecule has 0 bridgehead atoms. The molecule has 0 saturated heterocycles. The summed E-state index contributed by atoms with van der Waals surface area (Å²) in [5, 5.41) is 23.4. The Kier molecular flexibility index (Phi) is 5.28. The van der Waals surface area contributed by atoms with Crippen molar-refractivity contribution < 1.29 is 4.92 Å². The van der Waals surface area contributed by atoms with Crippen molar-refractivity contribution in [3.05, 3.63) is 69.8 Å². The monoisotopic (exact) mass is 310 g/mol. The molecule has 1 unspecified atom stereocenters. The lowest BCUT2D eigenvalue weighted by molar-refractivity contribution is -0.385. The minimum absolute atomic E-state index is 0.0584. The van der Waals surface area contributed by atoms with Crippen molar-refractivity contribution in [2.24, 2.45) is 0 Å². The van der Waals surface area contributed by atoms with Crippen molar-refractivity contribution in [1.82, 2.24) is 4.90 Å². The number of anilines is 1. The van der Waals surface area contributed by atoms with Crippen LogP contribution in [0.1, 0.15) is 17.2 Å². The molecule has 1 N–H and O–H groups in total. The highest BCUT2D eigenvalue weighted by Crippen LogP contribution is 2.26. The Hall–Kier alpha value is -2.91. The highest BCUT2D eigenvalue weighted by molar-refractivity contribution is 5.66. The molecule has 0 aromatic heterocycles. The number of hydrogen-bond donors (Lipinski definition) is 1. The molecular formula is C17H18N4O2. The molecule has 23 heavy (non-hydrogen) atoms. The van der Waals surface area contributed by atoms with E-state index in [0.717, 1.165) is 5.56 Å². The molecule has 6 heteroatoms. The third-order valence-corrected chi connectivity index (χ3v) is 3.64. The average molecular weight is 310 g/mol. The maximum absolute atomic E-state index is 11.0. The topological polar surface area (TPSA) is 82.2 Å². The number of hydrogen-bond acceptors (Lipinski definition) is 5. The molecule has 0 aliphatic rings. The van der Waals surface area contributed by atoms with Crippen molar-refractivity contribution in [3.63, 3.8) is 0 Å². The molecule has 2 rings (SSSR count). The van der Waals surface area contributed by atoms with E-state index in [-0.39, 0.29) is 17.3 Å². The summed E-state index contributed by atoms with van der Waals surface area (Å²) in [5.74, 6) is 0. The Morgan fingerprint density at radius 2 is 1.91 bits per heavy atom. The predicted molar refractivity (Wildman–Crippen MR) is 89.2 cm³/mol. The summed E-state index contributed by atoms with van der Waals surface area (Å²) in [6.07, 6.45) is 0. The number of nitrogens with zero attached hydrogens (tertiary/aromatic N) is 3. The summed E-state index contributed by atoms with van der Waals surface area (Å²) in [6.45, 7) is 0.535. The number of rotatable bonds is 6. The third-order valence-electron chi connectivity index (χ3n) is 3.64. The summed E-state index contributed by atoms with van der Waals surface area (Å²) >= 11 is 0. The van der Waals surface area contributed by atoms with Gasteiger partial charge in [-0.25, -0.2) is 0 Å². The Morgan fingerprint density at radius 3 is 2.48 bits per heavy atom. The van der Waals surface area contributed by atoms with Crippen LogP contribution in [0, 0.1) is 21.4 Å². The lowest BCUT2D eigenvalue weighted by atomic mass is 10.1. The molecule has 0 aliphatic heterocycles. The Morgan fingerprint density at radius 1 is 1.22 bits per heavy atom. The Balaban J connectivity index is 2.24. The lowest BCUT2D eigenvalue weighted by Gasteiger charge is -2.25. The molecule has 2 aromatic carbocycles. The molecule has 0 amide bonds. The van der Waals surface area contributed by atoms with Crippen molar-refractivity contribution in [3.8, 4) is 6.07 Å². The van der Waals surface area contributed by atoms with Gasteiger partial charge in [-0.1, -0.05) is 36.4 Å². The average Bonchev–Trinajstić information content (AvgIpc) is 2.55. The number of likely N-dealkylation sites (N-methyl/N-ethyl adjacent to an activating group) is 1. The van der Waals surface area contributed by atoms with Crippen LogP contribution in [0.2, 0.25) is 0 Å². The van der Waals surface area contributed by atoms with Gasteiger partial charge < -0.3 is 10.2 Å². The number of nitro groups is 1. The normalized spacial score (nSPS) is 11.7. The van der Waals surface area contributed by atoms with Gasteiger partial charge in [-0.15, -0.1) is 0 Å². The highest BCUT2D eigenvalue weighted by Gasteiger charge is 2.19. The van der Waals surface area contributed by atoms with Crippen molar-refractivity contribution >= 4 is 11.4 Å². The molecule has 6 nitrogen and oxygen atoms in total. The second-order valence-electron chi connectivity index (χ2n) is 5.34. The van der Waals surface area contributed by atoms with Gasteiger partial charge in [-0.2, -0.15) is 5.26 Å². The maximum atomic E-state index is 11.0. The van der Waals surface area contributed by atoms with Gasteiger partial charge in [0.05, 0.1) is 16.7 Å².